The zero-order chi connectivity index (χ0) is 8.32. The van der Waals surface area contributed by atoms with Gasteiger partial charge in [0.05, 0.1) is 11.4 Å². The molecular weight excluding hydrogens is 182 g/mol. The molecule has 0 fully saturated rings. The highest BCUT2D eigenvalue weighted by Crippen LogP contribution is 2.13. The average Bonchev–Trinajstić information content (AvgIpc) is 2.39. The summed E-state index contributed by atoms with van der Waals surface area (Å²) in [5.74, 6) is 0.114. The first-order chi connectivity index (χ1) is 5.14. The van der Waals surface area contributed by atoms with Crippen molar-refractivity contribution in [2.45, 2.75) is 6.92 Å². The lowest BCUT2D eigenvalue weighted by atomic mass is 10.6. The van der Waals surface area contributed by atoms with E-state index in [1.807, 2.05) is 5.38 Å². The van der Waals surface area contributed by atoms with Gasteiger partial charge >= 0.3 is 0 Å². The van der Waals surface area contributed by atoms with Gasteiger partial charge in [-0.05, 0) is 18.4 Å². The zero-order valence-electron chi connectivity index (χ0n) is 6.07. The number of anilines is 1. The molecule has 0 unspecified atom stereocenters. The van der Waals surface area contributed by atoms with E-state index in [-0.39, 0.29) is 5.75 Å². The number of sulfonamides is 1. The second-order valence-corrected chi connectivity index (χ2v) is 4.81. The summed E-state index contributed by atoms with van der Waals surface area (Å²) >= 11 is 1.46. The number of nitrogens with one attached hydrogen (secondary N) is 1. The number of rotatable bonds is 3. The molecule has 3 nitrogen and oxygen atoms in total. The quantitative estimate of drug-likeness (QED) is 0.787. The van der Waals surface area contributed by atoms with Gasteiger partial charge in [0.2, 0.25) is 10.0 Å². The fourth-order valence-electron chi connectivity index (χ4n) is 0.574. The van der Waals surface area contributed by atoms with E-state index in [0.717, 1.165) is 0 Å². The summed E-state index contributed by atoms with van der Waals surface area (Å²) in [5, 5.41) is 3.58. The molecule has 1 heterocycles. The van der Waals surface area contributed by atoms with Crippen LogP contribution in [0.3, 0.4) is 0 Å². The predicted molar refractivity (Wildman–Crippen MR) is 47.4 cm³/mol. The van der Waals surface area contributed by atoms with E-state index in [0.29, 0.717) is 5.69 Å². The van der Waals surface area contributed by atoms with Crippen molar-refractivity contribution in [2.75, 3.05) is 10.5 Å². The van der Waals surface area contributed by atoms with Crippen LogP contribution >= 0.6 is 11.3 Å². The van der Waals surface area contributed by atoms with Crippen molar-refractivity contribution in [3.63, 3.8) is 0 Å². The van der Waals surface area contributed by atoms with Crippen molar-refractivity contribution in [1.82, 2.24) is 0 Å². The summed E-state index contributed by atoms with van der Waals surface area (Å²) in [6, 6.07) is 1.73. The summed E-state index contributed by atoms with van der Waals surface area (Å²) in [6.07, 6.45) is 0. The Morgan fingerprint density at radius 2 is 2.36 bits per heavy atom. The third kappa shape index (κ3) is 2.51. The maximum Gasteiger partial charge on any atom is 0.232 e. The summed E-state index contributed by atoms with van der Waals surface area (Å²) in [5.41, 5.74) is 0.650. The molecule has 0 atom stereocenters. The Balaban J connectivity index is 2.72. The molecule has 0 spiro atoms. The van der Waals surface area contributed by atoms with Crippen LogP contribution in [0.4, 0.5) is 5.69 Å². The molecule has 0 bridgehead atoms. The Morgan fingerprint density at radius 1 is 1.64 bits per heavy atom. The van der Waals surface area contributed by atoms with Crippen LogP contribution in [0.5, 0.6) is 0 Å². The molecule has 62 valence electrons. The number of thiophene rings is 1. The summed E-state index contributed by atoms with van der Waals surface area (Å²) in [6.45, 7) is 1.61. The molecule has 0 saturated carbocycles. The maximum absolute atomic E-state index is 11.0. The first-order valence-corrected chi connectivity index (χ1v) is 5.76. The lowest BCUT2D eigenvalue weighted by molar-refractivity contribution is 0.602. The highest BCUT2D eigenvalue weighted by atomic mass is 32.2. The van der Waals surface area contributed by atoms with Crippen LogP contribution in [0.1, 0.15) is 6.92 Å². The molecule has 0 aliphatic heterocycles. The standard InChI is InChI=1S/C6H9NO2S2/c1-2-11(8,9)7-6-3-4-10-5-6/h3-5,7H,2H2,1H3. The molecule has 0 amide bonds. The molecule has 5 heteroatoms. The third-order valence-electron chi connectivity index (χ3n) is 1.17. The average molecular weight is 191 g/mol. The minimum absolute atomic E-state index is 0.114. The minimum Gasteiger partial charge on any atom is -0.283 e. The van der Waals surface area contributed by atoms with Gasteiger partial charge in [-0.3, -0.25) is 4.72 Å². The van der Waals surface area contributed by atoms with Crippen LogP contribution in [0.25, 0.3) is 0 Å². The lowest BCUT2D eigenvalue weighted by Gasteiger charge is -2.01. The van der Waals surface area contributed by atoms with Gasteiger partial charge in [-0.25, -0.2) is 8.42 Å². The highest BCUT2D eigenvalue weighted by Gasteiger charge is 2.05. The van der Waals surface area contributed by atoms with E-state index in [4.69, 9.17) is 0 Å². The topological polar surface area (TPSA) is 46.2 Å². The second kappa shape index (κ2) is 3.23. The van der Waals surface area contributed by atoms with Crippen molar-refractivity contribution in [3.8, 4) is 0 Å². The molecule has 0 aliphatic carbocycles. The Hall–Kier alpha value is -0.550. The zero-order valence-corrected chi connectivity index (χ0v) is 7.71. The van der Waals surface area contributed by atoms with Crippen LogP contribution < -0.4 is 4.72 Å². The fourth-order valence-corrected chi connectivity index (χ4v) is 1.87. The molecule has 1 aromatic heterocycles. The van der Waals surface area contributed by atoms with E-state index in [1.165, 1.54) is 11.3 Å². The first kappa shape index (κ1) is 8.55. The van der Waals surface area contributed by atoms with E-state index >= 15 is 0 Å². The van der Waals surface area contributed by atoms with E-state index in [1.54, 1.807) is 18.4 Å². The molecular formula is C6H9NO2S2. The second-order valence-electron chi connectivity index (χ2n) is 2.02. The van der Waals surface area contributed by atoms with Crippen LogP contribution in [0.15, 0.2) is 16.8 Å². The van der Waals surface area contributed by atoms with Gasteiger partial charge in [-0.2, -0.15) is 11.3 Å². The predicted octanol–water partition coefficient (Wildman–Crippen LogP) is 1.51. The van der Waals surface area contributed by atoms with Crippen molar-refractivity contribution in [1.29, 1.82) is 0 Å². The van der Waals surface area contributed by atoms with Gasteiger partial charge in [0.15, 0.2) is 0 Å². The van der Waals surface area contributed by atoms with Crippen LogP contribution in [-0.2, 0) is 10.0 Å². The maximum atomic E-state index is 11.0. The van der Waals surface area contributed by atoms with Gasteiger partial charge in [0.1, 0.15) is 0 Å². The number of hydrogen-bond acceptors (Lipinski definition) is 3. The Morgan fingerprint density at radius 3 is 2.82 bits per heavy atom. The van der Waals surface area contributed by atoms with Gasteiger partial charge < -0.3 is 0 Å². The van der Waals surface area contributed by atoms with Crippen LogP contribution in [0, 0.1) is 0 Å². The number of hydrogen-bond donors (Lipinski definition) is 1. The van der Waals surface area contributed by atoms with Gasteiger partial charge in [0, 0.05) is 5.38 Å². The van der Waals surface area contributed by atoms with Gasteiger partial charge in [0.25, 0.3) is 0 Å². The summed E-state index contributed by atoms with van der Waals surface area (Å²) in [7, 11) is -3.09. The molecule has 0 radical (unpaired) electrons. The lowest BCUT2D eigenvalue weighted by Crippen LogP contribution is -2.13. The molecule has 1 rings (SSSR count). The SMILES string of the molecule is CCS(=O)(=O)Nc1ccsc1. The Bertz CT molecular complexity index is 301. The van der Waals surface area contributed by atoms with Crippen molar-refractivity contribution >= 4 is 27.0 Å². The van der Waals surface area contributed by atoms with E-state index < -0.39 is 10.0 Å². The van der Waals surface area contributed by atoms with Crippen LogP contribution in [-0.4, -0.2) is 14.2 Å². The van der Waals surface area contributed by atoms with Gasteiger partial charge in [-0.15, -0.1) is 0 Å². The normalized spacial score (nSPS) is 11.4. The fraction of sp³-hybridized carbons (Fsp3) is 0.333. The Labute approximate surface area is 70.1 Å². The molecule has 1 aromatic rings. The molecule has 0 aromatic carbocycles. The third-order valence-corrected chi connectivity index (χ3v) is 3.16. The minimum atomic E-state index is -3.09. The molecule has 11 heavy (non-hydrogen) atoms. The molecule has 0 aliphatic rings. The van der Waals surface area contributed by atoms with Crippen molar-refractivity contribution in [3.05, 3.63) is 16.8 Å². The van der Waals surface area contributed by atoms with E-state index in [9.17, 15) is 8.42 Å². The van der Waals surface area contributed by atoms with Crippen LogP contribution in [0.2, 0.25) is 0 Å². The first-order valence-electron chi connectivity index (χ1n) is 3.17. The Kier molecular flexibility index (Phi) is 2.51. The largest absolute Gasteiger partial charge is 0.283 e. The van der Waals surface area contributed by atoms with Crippen molar-refractivity contribution in [2.24, 2.45) is 0 Å². The molecule has 1 N–H and O–H groups in total. The van der Waals surface area contributed by atoms with E-state index in [2.05, 4.69) is 4.72 Å². The summed E-state index contributed by atoms with van der Waals surface area (Å²) < 4.78 is 24.4. The van der Waals surface area contributed by atoms with Crippen molar-refractivity contribution < 1.29 is 8.42 Å². The smallest absolute Gasteiger partial charge is 0.232 e. The highest BCUT2D eigenvalue weighted by molar-refractivity contribution is 7.92. The molecule has 0 saturated heterocycles. The monoisotopic (exact) mass is 191 g/mol. The van der Waals surface area contributed by atoms with Gasteiger partial charge in [-0.1, -0.05) is 0 Å². The summed E-state index contributed by atoms with van der Waals surface area (Å²) in [4.78, 5) is 0.